The number of sulfone groups is 1. The molecule has 0 aromatic heterocycles. The number of hydrogen-bond acceptors (Lipinski definition) is 6. The molecule has 3 aromatic carbocycles. The third kappa shape index (κ3) is 5.71. The molecule has 0 aliphatic heterocycles. The van der Waals surface area contributed by atoms with Crippen LogP contribution in [0.2, 0.25) is 0 Å². The van der Waals surface area contributed by atoms with Gasteiger partial charge in [-0.05, 0) is 55.8 Å². The van der Waals surface area contributed by atoms with Gasteiger partial charge in [-0.1, -0.05) is 29.5 Å². The summed E-state index contributed by atoms with van der Waals surface area (Å²) in [7, 11) is -3.72. The number of nitrogens with one attached hydrogen (secondary N) is 1. The molecule has 9 heteroatoms. The zero-order valence-electron chi connectivity index (χ0n) is 17.1. The number of amides is 1. The molecule has 160 valence electrons. The molecule has 0 fully saturated rings. The average Bonchev–Trinajstić information content (AvgIpc) is 2.70. The molecule has 0 spiro atoms. The number of anilines is 1. The van der Waals surface area contributed by atoms with Crippen LogP contribution in [0.15, 0.2) is 75.4 Å². The van der Waals surface area contributed by atoms with Crippen molar-refractivity contribution in [3.8, 4) is 0 Å². The largest absolute Gasteiger partial charge is 0.322 e. The summed E-state index contributed by atoms with van der Waals surface area (Å²) in [5.41, 5.74) is 2.29. The molecule has 0 unspecified atom stereocenters. The summed E-state index contributed by atoms with van der Waals surface area (Å²) < 4.78 is 23.6. The highest BCUT2D eigenvalue weighted by atomic mass is 32.2. The molecule has 31 heavy (non-hydrogen) atoms. The van der Waals surface area contributed by atoms with Crippen molar-refractivity contribution in [3.63, 3.8) is 0 Å². The van der Waals surface area contributed by atoms with Gasteiger partial charge in [-0.25, -0.2) is 8.42 Å². The Morgan fingerprint density at radius 2 is 1.68 bits per heavy atom. The molecule has 0 heterocycles. The number of nitro groups is 1. The maximum absolute atomic E-state index is 12.6. The van der Waals surface area contributed by atoms with E-state index >= 15 is 0 Å². The third-order valence-corrected chi connectivity index (χ3v) is 6.74. The monoisotopic (exact) mass is 456 g/mol. The summed E-state index contributed by atoms with van der Waals surface area (Å²) in [5.74, 6) is -0.636. The first-order valence-electron chi connectivity index (χ1n) is 9.19. The number of benzene rings is 3. The van der Waals surface area contributed by atoms with Crippen molar-refractivity contribution in [1.29, 1.82) is 0 Å². The molecule has 3 aromatic rings. The number of carbonyl (C=O) groups is 1. The van der Waals surface area contributed by atoms with Gasteiger partial charge in [-0.15, -0.1) is 0 Å². The fraction of sp³-hybridized carbons (Fsp3) is 0.136. The van der Waals surface area contributed by atoms with Crippen LogP contribution in [-0.4, -0.2) is 25.5 Å². The second kappa shape index (κ2) is 8.91. The Balaban J connectivity index is 1.79. The van der Waals surface area contributed by atoms with Gasteiger partial charge in [0, 0.05) is 39.4 Å². The predicted molar refractivity (Wildman–Crippen MR) is 121 cm³/mol. The van der Waals surface area contributed by atoms with E-state index in [0.717, 1.165) is 34.2 Å². The number of aryl methyl sites for hydroxylation is 2. The molecule has 7 nitrogen and oxygen atoms in total. The van der Waals surface area contributed by atoms with Gasteiger partial charge >= 0.3 is 0 Å². The normalized spacial score (nSPS) is 11.2. The summed E-state index contributed by atoms with van der Waals surface area (Å²) in [6.07, 6.45) is 0.930. The summed E-state index contributed by atoms with van der Waals surface area (Å²) in [4.78, 5) is 24.8. The van der Waals surface area contributed by atoms with Crippen LogP contribution in [0.25, 0.3) is 0 Å². The van der Waals surface area contributed by atoms with Gasteiger partial charge in [0.2, 0.25) is 0 Å². The fourth-order valence-corrected chi connectivity index (χ4v) is 4.44. The summed E-state index contributed by atoms with van der Waals surface area (Å²) in [5, 5.41) is 13.8. The van der Waals surface area contributed by atoms with Crippen molar-refractivity contribution in [2.24, 2.45) is 0 Å². The predicted octanol–water partition coefficient (Wildman–Crippen LogP) is 5.02. The third-order valence-electron chi connectivity index (χ3n) is 4.46. The fourth-order valence-electron chi connectivity index (χ4n) is 2.88. The van der Waals surface area contributed by atoms with Crippen molar-refractivity contribution < 1.29 is 18.1 Å². The Bertz CT molecular complexity index is 1270. The molecule has 1 N–H and O–H groups in total. The van der Waals surface area contributed by atoms with E-state index in [-0.39, 0.29) is 10.5 Å². The van der Waals surface area contributed by atoms with Gasteiger partial charge in [0.15, 0.2) is 9.84 Å². The van der Waals surface area contributed by atoms with Crippen molar-refractivity contribution >= 4 is 38.9 Å². The van der Waals surface area contributed by atoms with Gasteiger partial charge in [-0.3, -0.25) is 14.9 Å². The topological polar surface area (TPSA) is 106 Å². The van der Waals surface area contributed by atoms with Crippen LogP contribution in [0, 0.1) is 24.0 Å². The SMILES string of the molecule is Cc1ccc(Sc2ccc(NC(=O)c3cc([N+](=O)[O-])cc(S(C)(=O)=O)c3)cc2)c(C)c1. The van der Waals surface area contributed by atoms with E-state index < -0.39 is 26.4 Å². The lowest BCUT2D eigenvalue weighted by molar-refractivity contribution is -0.385. The van der Waals surface area contributed by atoms with E-state index in [1.807, 2.05) is 32.0 Å². The molecule has 0 aliphatic carbocycles. The minimum Gasteiger partial charge on any atom is -0.322 e. The van der Waals surface area contributed by atoms with Gasteiger partial charge < -0.3 is 5.32 Å². The molecule has 0 radical (unpaired) electrons. The van der Waals surface area contributed by atoms with Crippen LogP contribution in [0.3, 0.4) is 0 Å². The standard InChI is InChI=1S/C22H20N2O5S2/c1-14-4-9-21(15(2)10-14)30-19-7-5-17(6-8-19)23-22(25)16-11-18(24(26)27)13-20(12-16)31(3,28)29/h4-13H,1-3H3,(H,23,25). The molecule has 0 atom stereocenters. The minimum atomic E-state index is -3.72. The molecular formula is C22H20N2O5S2. The van der Waals surface area contributed by atoms with Crippen LogP contribution < -0.4 is 5.32 Å². The Morgan fingerprint density at radius 3 is 2.26 bits per heavy atom. The minimum absolute atomic E-state index is 0.108. The lowest BCUT2D eigenvalue weighted by Gasteiger charge is -2.09. The number of rotatable bonds is 6. The molecule has 0 aliphatic rings. The summed E-state index contributed by atoms with van der Waals surface area (Å²) >= 11 is 1.60. The highest BCUT2D eigenvalue weighted by molar-refractivity contribution is 7.99. The molecule has 0 bridgehead atoms. The van der Waals surface area contributed by atoms with Gasteiger partial charge in [-0.2, -0.15) is 0 Å². The number of hydrogen-bond donors (Lipinski definition) is 1. The van der Waals surface area contributed by atoms with Gasteiger partial charge in [0.1, 0.15) is 0 Å². The van der Waals surface area contributed by atoms with Crippen LogP contribution in [0.5, 0.6) is 0 Å². The molecule has 3 rings (SSSR count). The van der Waals surface area contributed by atoms with E-state index in [9.17, 15) is 23.3 Å². The van der Waals surface area contributed by atoms with Crippen LogP contribution in [0.4, 0.5) is 11.4 Å². The van der Waals surface area contributed by atoms with Crippen molar-refractivity contribution in [2.75, 3.05) is 11.6 Å². The van der Waals surface area contributed by atoms with E-state index in [0.29, 0.717) is 5.69 Å². The second-order valence-corrected chi connectivity index (χ2v) is 10.2. The second-order valence-electron chi connectivity index (χ2n) is 7.09. The van der Waals surface area contributed by atoms with Crippen LogP contribution in [-0.2, 0) is 9.84 Å². The van der Waals surface area contributed by atoms with Crippen molar-refractivity contribution in [3.05, 3.63) is 87.5 Å². The quantitative estimate of drug-likeness (QED) is 0.412. The lowest BCUT2D eigenvalue weighted by atomic mass is 10.2. The molecule has 0 saturated carbocycles. The van der Waals surface area contributed by atoms with Gasteiger partial charge in [0.05, 0.1) is 9.82 Å². The highest BCUT2D eigenvalue weighted by Gasteiger charge is 2.19. The smallest absolute Gasteiger partial charge is 0.271 e. The number of nitrogens with zero attached hydrogens (tertiary/aromatic N) is 1. The lowest BCUT2D eigenvalue weighted by Crippen LogP contribution is -2.13. The number of carbonyl (C=O) groups excluding carboxylic acids is 1. The Hall–Kier alpha value is -3.17. The van der Waals surface area contributed by atoms with E-state index in [4.69, 9.17) is 0 Å². The maximum atomic E-state index is 12.6. The summed E-state index contributed by atoms with van der Waals surface area (Å²) in [6.45, 7) is 4.09. The average molecular weight is 457 g/mol. The molecule has 1 amide bonds. The first-order valence-corrected chi connectivity index (χ1v) is 11.9. The van der Waals surface area contributed by atoms with E-state index in [2.05, 4.69) is 17.4 Å². The van der Waals surface area contributed by atoms with Crippen LogP contribution in [0.1, 0.15) is 21.5 Å². The van der Waals surface area contributed by atoms with E-state index in [1.54, 1.807) is 23.9 Å². The Morgan fingerprint density at radius 1 is 1.00 bits per heavy atom. The maximum Gasteiger partial charge on any atom is 0.271 e. The zero-order chi connectivity index (χ0) is 22.8. The van der Waals surface area contributed by atoms with Crippen molar-refractivity contribution in [1.82, 2.24) is 0 Å². The first kappa shape index (κ1) is 22.5. The van der Waals surface area contributed by atoms with Crippen molar-refractivity contribution in [2.45, 2.75) is 28.5 Å². The Labute approximate surface area is 184 Å². The van der Waals surface area contributed by atoms with Crippen LogP contribution >= 0.6 is 11.8 Å². The number of nitro benzene ring substituents is 1. The summed E-state index contributed by atoms with van der Waals surface area (Å²) in [6, 6.07) is 16.5. The molecule has 0 saturated heterocycles. The first-order chi connectivity index (χ1) is 14.5. The zero-order valence-corrected chi connectivity index (χ0v) is 18.7. The number of non-ortho nitro benzene ring substituents is 1. The van der Waals surface area contributed by atoms with Gasteiger partial charge in [0.25, 0.3) is 11.6 Å². The van der Waals surface area contributed by atoms with E-state index in [1.165, 1.54) is 11.1 Å². The molecular weight excluding hydrogens is 436 g/mol. The highest BCUT2D eigenvalue weighted by Crippen LogP contribution is 2.31. The Kier molecular flexibility index (Phi) is 6.47.